The lowest BCUT2D eigenvalue weighted by molar-refractivity contribution is 0.0746. The van der Waals surface area contributed by atoms with E-state index in [-0.39, 0.29) is 5.91 Å². The molecule has 0 spiro atoms. The molecule has 2 saturated heterocycles. The molecule has 2 fully saturated rings. The summed E-state index contributed by atoms with van der Waals surface area (Å²) in [5.41, 5.74) is 1.71. The van der Waals surface area contributed by atoms with Crippen molar-refractivity contribution in [2.24, 2.45) is 0 Å². The highest BCUT2D eigenvalue weighted by molar-refractivity contribution is 5.94. The minimum atomic E-state index is 0.100. The Hall–Kier alpha value is -2.67. The molecule has 0 radical (unpaired) electrons. The number of hydrogen-bond donors (Lipinski definition) is 0. The Morgan fingerprint density at radius 1 is 0.926 bits per heavy atom. The number of carbonyl (C=O) groups excluding carboxylic acids is 1. The molecule has 0 aliphatic carbocycles. The van der Waals surface area contributed by atoms with Gasteiger partial charge in [0.15, 0.2) is 0 Å². The van der Waals surface area contributed by atoms with Gasteiger partial charge in [0, 0.05) is 56.6 Å². The SMILES string of the molecule is Cc1cc(N2CCN(C(=O)c3ccccc3)CC2)nc(N2CCOCC2)n1. The first-order valence-electron chi connectivity index (χ1n) is 9.48. The molecule has 2 aliphatic rings. The van der Waals surface area contributed by atoms with Crippen LogP contribution in [0.1, 0.15) is 16.1 Å². The predicted octanol–water partition coefficient (Wildman–Crippen LogP) is 1.58. The van der Waals surface area contributed by atoms with Crippen molar-refractivity contribution in [2.75, 3.05) is 62.3 Å². The topological polar surface area (TPSA) is 61.8 Å². The lowest BCUT2D eigenvalue weighted by Crippen LogP contribution is -2.49. The minimum absolute atomic E-state index is 0.100. The van der Waals surface area contributed by atoms with Crippen molar-refractivity contribution in [3.05, 3.63) is 47.7 Å². The third-order valence-corrected chi connectivity index (χ3v) is 5.03. The van der Waals surface area contributed by atoms with Gasteiger partial charge in [-0.15, -0.1) is 0 Å². The van der Waals surface area contributed by atoms with E-state index in [0.717, 1.165) is 49.2 Å². The van der Waals surface area contributed by atoms with Crippen molar-refractivity contribution in [1.82, 2.24) is 14.9 Å². The number of aryl methyl sites for hydroxylation is 1. The molecular weight excluding hydrogens is 342 g/mol. The molecule has 142 valence electrons. The number of ether oxygens (including phenoxy) is 1. The van der Waals surface area contributed by atoms with Gasteiger partial charge >= 0.3 is 0 Å². The summed E-state index contributed by atoms with van der Waals surface area (Å²) in [5.74, 6) is 1.81. The molecule has 27 heavy (non-hydrogen) atoms. The zero-order valence-electron chi connectivity index (χ0n) is 15.7. The first-order valence-corrected chi connectivity index (χ1v) is 9.48. The van der Waals surface area contributed by atoms with Gasteiger partial charge in [-0.2, -0.15) is 4.98 Å². The summed E-state index contributed by atoms with van der Waals surface area (Å²) in [7, 11) is 0. The van der Waals surface area contributed by atoms with E-state index in [9.17, 15) is 4.79 Å². The van der Waals surface area contributed by atoms with Gasteiger partial charge in [-0.05, 0) is 19.1 Å². The average Bonchev–Trinajstić information content (AvgIpc) is 2.74. The van der Waals surface area contributed by atoms with Gasteiger partial charge in [0.1, 0.15) is 5.82 Å². The fourth-order valence-electron chi connectivity index (χ4n) is 3.51. The van der Waals surface area contributed by atoms with Gasteiger partial charge in [-0.1, -0.05) is 18.2 Å². The first kappa shape index (κ1) is 17.7. The number of rotatable bonds is 3. The quantitative estimate of drug-likeness (QED) is 0.821. The number of piperazine rings is 1. The molecule has 0 unspecified atom stereocenters. The van der Waals surface area contributed by atoms with Crippen LogP contribution < -0.4 is 9.80 Å². The maximum absolute atomic E-state index is 12.6. The van der Waals surface area contributed by atoms with Crippen LogP contribution in [0.2, 0.25) is 0 Å². The second kappa shape index (κ2) is 7.92. The highest BCUT2D eigenvalue weighted by Gasteiger charge is 2.24. The van der Waals surface area contributed by atoms with E-state index < -0.39 is 0 Å². The van der Waals surface area contributed by atoms with Crippen LogP contribution in [0.4, 0.5) is 11.8 Å². The lowest BCUT2D eigenvalue weighted by atomic mass is 10.2. The highest BCUT2D eigenvalue weighted by Crippen LogP contribution is 2.20. The lowest BCUT2D eigenvalue weighted by Gasteiger charge is -2.36. The van der Waals surface area contributed by atoms with E-state index >= 15 is 0 Å². The number of amides is 1. The number of hydrogen-bond acceptors (Lipinski definition) is 6. The monoisotopic (exact) mass is 367 g/mol. The first-order chi connectivity index (χ1) is 13.2. The highest BCUT2D eigenvalue weighted by atomic mass is 16.5. The zero-order valence-corrected chi connectivity index (χ0v) is 15.7. The van der Waals surface area contributed by atoms with Crippen LogP contribution in [0.5, 0.6) is 0 Å². The standard InChI is InChI=1S/C20H25N5O2/c1-16-15-18(22-20(21-16)25-11-13-27-14-12-25)23-7-9-24(10-8-23)19(26)17-5-3-2-4-6-17/h2-6,15H,7-14H2,1H3. The van der Waals surface area contributed by atoms with Crippen LogP contribution in [-0.4, -0.2) is 73.3 Å². The van der Waals surface area contributed by atoms with Crippen LogP contribution in [0.25, 0.3) is 0 Å². The van der Waals surface area contributed by atoms with Crippen molar-refractivity contribution in [3.63, 3.8) is 0 Å². The Bertz CT molecular complexity index is 784. The average molecular weight is 367 g/mol. The molecule has 7 nitrogen and oxygen atoms in total. The smallest absolute Gasteiger partial charge is 0.253 e. The summed E-state index contributed by atoms with van der Waals surface area (Å²) in [6, 6.07) is 11.5. The molecule has 1 aromatic carbocycles. The minimum Gasteiger partial charge on any atom is -0.378 e. The third-order valence-electron chi connectivity index (χ3n) is 5.03. The summed E-state index contributed by atoms with van der Waals surface area (Å²) in [5, 5.41) is 0. The van der Waals surface area contributed by atoms with Crippen molar-refractivity contribution >= 4 is 17.7 Å². The van der Waals surface area contributed by atoms with E-state index in [1.807, 2.05) is 48.2 Å². The molecule has 1 aromatic heterocycles. The number of benzene rings is 1. The maximum atomic E-state index is 12.6. The third kappa shape index (κ3) is 4.03. The van der Waals surface area contributed by atoms with E-state index in [0.29, 0.717) is 26.3 Å². The Labute approximate surface area is 159 Å². The van der Waals surface area contributed by atoms with Gasteiger partial charge in [-0.25, -0.2) is 4.98 Å². The molecule has 7 heteroatoms. The fourth-order valence-corrected chi connectivity index (χ4v) is 3.51. The van der Waals surface area contributed by atoms with Crippen LogP contribution in [-0.2, 0) is 4.74 Å². The van der Waals surface area contributed by atoms with Crippen LogP contribution in [0, 0.1) is 6.92 Å². The van der Waals surface area contributed by atoms with Crippen LogP contribution in [0.3, 0.4) is 0 Å². The largest absolute Gasteiger partial charge is 0.378 e. The summed E-state index contributed by atoms with van der Waals surface area (Å²) in [6.45, 7) is 8.02. The summed E-state index contributed by atoms with van der Waals surface area (Å²) in [4.78, 5) is 28.4. The zero-order chi connectivity index (χ0) is 18.6. The Morgan fingerprint density at radius 2 is 1.63 bits per heavy atom. The molecule has 0 saturated carbocycles. The second-order valence-corrected chi connectivity index (χ2v) is 6.91. The summed E-state index contributed by atoms with van der Waals surface area (Å²) in [6.07, 6.45) is 0. The molecule has 2 aliphatic heterocycles. The van der Waals surface area contributed by atoms with E-state index in [2.05, 4.69) is 14.8 Å². The molecule has 3 heterocycles. The number of carbonyl (C=O) groups is 1. The van der Waals surface area contributed by atoms with Crippen molar-refractivity contribution in [1.29, 1.82) is 0 Å². The van der Waals surface area contributed by atoms with E-state index in [1.165, 1.54) is 0 Å². The number of aromatic nitrogens is 2. The van der Waals surface area contributed by atoms with Crippen molar-refractivity contribution in [2.45, 2.75) is 6.92 Å². The van der Waals surface area contributed by atoms with Gasteiger partial charge in [-0.3, -0.25) is 4.79 Å². The Balaban J connectivity index is 1.43. The fraction of sp³-hybridized carbons (Fsp3) is 0.450. The van der Waals surface area contributed by atoms with Crippen molar-refractivity contribution < 1.29 is 9.53 Å². The predicted molar refractivity (Wildman–Crippen MR) is 104 cm³/mol. The van der Waals surface area contributed by atoms with Crippen molar-refractivity contribution in [3.8, 4) is 0 Å². The normalized spacial score (nSPS) is 17.9. The van der Waals surface area contributed by atoms with Gasteiger partial charge in [0.25, 0.3) is 5.91 Å². The van der Waals surface area contributed by atoms with Crippen LogP contribution in [0.15, 0.2) is 36.4 Å². The Morgan fingerprint density at radius 3 is 2.33 bits per heavy atom. The van der Waals surface area contributed by atoms with E-state index in [1.54, 1.807) is 0 Å². The number of anilines is 2. The van der Waals surface area contributed by atoms with Gasteiger partial charge in [0.2, 0.25) is 5.95 Å². The molecule has 0 bridgehead atoms. The Kier molecular flexibility index (Phi) is 5.20. The second-order valence-electron chi connectivity index (χ2n) is 6.91. The molecule has 0 N–H and O–H groups in total. The summed E-state index contributed by atoms with van der Waals surface area (Å²) >= 11 is 0. The summed E-state index contributed by atoms with van der Waals surface area (Å²) < 4.78 is 5.42. The van der Waals surface area contributed by atoms with Gasteiger partial charge in [0.05, 0.1) is 13.2 Å². The number of morpholine rings is 1. The van der Waals surface area contributed by atoms with E-state index in [4.69, 9.17) is 9.72 Å². The molecule has 2 aromatic rings. The molecule has 4 rings (SSSR count). The molecule has 0 atom stereocenters. The van der Waals surface area contributed by atoms with Gasteiger partial charge < -0.3 is 19.4 Å². The molecular formula is C20H25N5O2. The maximum Gasteiger partial charge on any atom is 0.253 e. The molecule has 1 amide bonds. The van der Waals surface area contributed by atoms with Crippen LogP contribution >= 0.6 is 0 Å². The number of nitrogens with zero attached hydrogens (tertiary/aromatic N) is 5.